The summed E-state index contributed by atoms with van der Waals surface area (Å²) in [6.07, 6.45) is 0. The van der Waals surface area contributed by atoms with Crippen molar-refractivity contribution in [2.24, 2.45) is 0 Å². The molecule has 172 valence electrons. The Labute approximate surface area is 201 Å². The third-order valence-electron chi connectivity index (χ3n) is 5.32. The summed E-state index contributed by atoms with van der Waals surface area (Å²) in [5.41, 5.74) is 3.27. The topological polar surface area (TPSA) is 74.8 Å². The van der Waals surface area contributed by atoms with Gasteiger partial charge in [0.2, 0.25) is 5.91 Å². The number of hydrogen-bond acceptors (Lipinski definition) is 6. The summed E-state index contributed by atoms with van der Waals surface area (Å²) in [4.78, 5) is 34.2. The van der Waals surface area contributed by atoms with Gasteiger partial charge in [0, 0.05) is 42.1 Å². The normalized spacial score (nSPS) is 13.6. The van der Waals surface area contributed by atoms with E-state index in [0.29, 0.717) is 21.3 Å². The van der Waals surface area contributed by atoms with Gasteiger partial charge in [0.05, 0.1) is 25.5 Å². The molecule has 0 atom stereocenters. The van der Waals surface area contributed by atoms with Gasteiger partial charge in [-0.05, 0) is 43.3 Å². The first-order chi connectivity index (χ1) is 15.9. The number of nitrogens with one attached hydrogen (secondary N) is 1. The van der Waals surface area contributed by atoms with E-state index in [2.05, 4.69) is 15.2 Å². The Hall–Kier alpha value is -2.94. The number of amides is 2. The lowest BCUT2D eigenvalue weighted by molar-refractivity contribution is -0.116. The van der Waals surface area contributed by atoms with Crippen LogP contribution < -0.4 is 10.2 Å². The Morgan fingerprint density at radius 2 is 1.91 bits per heavy atom. The van der Waals surface area contributed by atoms with Crippen LogP contribution in [0, 0.1) is 6.92 Å². The lowest BCUT2D eigenvalue weighted by Crippen LogP contribution is -2.36. The second-order valence-corrected chi connectivity index (χ2v) is 9.24. The number of hydrogen-bond donors (Lipinski definition) is 1. The van der Waals surface area contributed by atoms with E-state index in [9.17, 15) is 9.59 Å². The molecule has 0 bridgehead atoms. The zero-order valence-corrected chi connectivity index (χ0v) is 20.1. The minimum absolute atomic E-state index is 0.0616. The van der Waals surface area contributed by atoms with Gasteiger partial charge in [0.15, 0.2) is 0 Å². The summed E-state index contributed by atoms with van der Waals surface area (Å²) < 4.78 is 5.38. The minimum Gasteiger partial charge on any atom is -0.378 e. The molecule has 1 fully saturated rings. The van der Waals surface area contributed by atoms with Crippen molar-refractivity contribution in [3.63, 3.8) is 0 Å². The Morgan fingerprint density at radius 3 is 2.61 bits per heavy atom. The van der Waals surface area contributed by atoms with E-state index in [-0.39, 0.29) is 18.4 Å². The van der Waals surface area contributed by atoms with Crippen molar-refractivity contribution in [3.05, 3.63) is 64.1 Å². The summed E-state index contributed by atoms with van der Waals surface area (Å²) in [6.45, 7) is 4.89. The third-order valence-corrected chi connectivity index (χ3v) is 6.75. The predicted molar refractivity (Wildman–Crippen MR) is 132 cm³/mol. The van der Waals surface area contributed by atoms with E-state index < -0.39 is 0 Å². The largest absolute Gasteiger partial charge is 0.378 e. The Balaban J connectivity index is 1.36. The maximum absolute atomic E-state index is 13.0. The smallest absolute Gasteiger partial charge is 0.266 e. The molecule has 7 nitrogen and oxygen atoms in total. The van der Waals surface area contributed by atoms with Crippen LogP contribution in [-0.4, -0.2) is 61.6 Å². The molecular weight excluding hydrogens is 460 g/mol. The highest BCUT2D eigenvalue weighted by Crippen LogP contribution is 2.30. The van der Waals surface area contributed by atoms with Gasteiger partial charge in [0.25, 0.3) is 5.91 Å². The zero-order valence-electron chi connectivity index (χ0n) is 18.5. The molecular formula is C24H25ClN4O3S. The van der Waals surface area contributed by atoms with Crippen LogP contribution in [0.25, 0.3) is 10.6 Å². The monoisotopic (exact) mass is 484 g/mol. The molecule has 0 aliphatic carbocycles. The van der Waals surface area contributed by atoms with Gasteiger partial charge >= 0.3 is 0 Å². The van der Waals surface area contributed by atoms with E-state index >= 15 is 0 Å². The molecule has 0 unspecified atom stereocenters. The molecule has 0 radical (unpaired) electrons. The number of thiazole rings is 1. The number of morpholine rings is 1. The Morgan fingerprint density at radius 1 is 1.18 bits per heavy atom. The standard InChI is InChI=1S/C24H25ClN4O3S/c1-16-22(33-23(26-16)17-4-3-5-18(25)14-17)24(31)28(2)15-21(30)27-19-6-8-20(9-7-19)29-10-12-32-13-11-29/h3-9,14H,10-13,15H2,1-2H3,(H,27,30). The number of anilines is 2. The zero-order chi connectivity index (χ0) is 23.4. The van der Waals surface area contributed by atoms with E-state index in [1.165, 1.54) is 16.2 Å². The van der Waals surface area contributed by atoms with Gasteiger partial charge in [-0.3, -0.25) is 9.59 Å². The molecule has 9 heteroatoms. The fraction of sp³-hybridized carbons (Fsp3) is 0.292. The summed E-state index contributed by atoms with van der Waals surface area (Å²) in [5.74, 6) is -0.502. The number of halogens is 1. The van der Waals surface area contributed by atoms with Crippen LogP contribution in [0.3, 0.4) is 0 Å². The summed E-state index contributed by atoms with van der Waals surface area (Å²) >= 11 is 7.37. The molecule has 2 aromatic carbocycles. The fourth-order valence-corrected chi connectivity index (χ4v) is 4.83. The van der Waals surface area contributed by atoms with E-state index in [0.717, 1.165) is 42.6 Å². The maximum Gasteiger partial charge on any atom is 0.266 e. The average Bonchev–Trinajstić information content (AvgIpc) is 3.21. The van der Waals surface area contributed by atoms with E-state index in [1.54, 1.807) is 20.0 Å². The van der Waals surface area contributed by atoms with Gasteiger partial charge in [-0.1, -0.05) is 23.7 Å². The molecule has 3 aromatic rings. The van der Waals surface area contributed by atoms with Crippen LogP contribution in [0.15, 0.2) is 48.5 Å². The first kappa shape index (κ1) is 23.2. The molecule has 0 spiro atoms. The summed E-state index contributed by atoms with van der Waals surface area (Å²) in [7, 11) is 1.61. The second kappa shape index (κ2) is 10.3. The van der Waals surface area contributed by atoms with E-state index in [1.807, 2.05) is 42.5 Å². The second-order valence-electron chi connectivity index (χ2n) is 7.80. The maximum atomic E-state index is 13.0. The van der Waals surface area contributed by atoms with Gasteiger partial charge < -0.3 is 19.9 Å². The van der Waals surface area contributed by atoms with Crippen molar-refractivity contribution < 1.29 is 14.3 Å². The SMILES string of the molecule is Cc1nc(-c2cccc(Cl)c2)sc1C(=O)N(C)CC(=O)Nc1ccc(N2CCOCC2)cc1. The van der Waals surface area contributed by atoms with E-state index in [4.69, 9.17) is 16.3 Å². The molecule has 2 heterocycles. The Kier molecular flexibility index (Phi) is 7.27. The molecule has 1 aromatic heterocycles. The number of carbonyl (C=O) groups excluding carboxylic acids is 2. The van der Waals surface area contributed by atoms with Gasteiger partial charge in [-0.2, -0.15) is 0 Å². The molecule has 4 rings (SSSR count). The number of carbonyl (C=O) groups is 2. The first-order valence-corrected chi connectivity index (χ1v) is 11.8. The molecule has 1 aliphatic heterocycles. The van der Waals surface area contributed by atoms with Crippen LogP contribution in [0.2, 0.25) is 5.02 Å². The number of ether oxygens (including phenoxy) is 1. The summed E-state index contributed by atoms with van der Waals surface area (Å²) in [6, 6.07) is 15.1. The van der Waals surface area contributed by atoms with Crippen molar-refractivity contribution >= 4 is 46.1 Å². The highest BCUT2D eigenvalue weighted by molar-refractivity contribution is 7.17. The van der Waals surface area contributed by atoms with Crippen molar-refractivity contribution in [2.75, 3.05) is 50.1 Å². The molecule has 1 aliphatic rings. The van der Waals surface area contributed by atoms with Gasteiger partial charge in [-0.25, -0.2) is 4.98 Å². The van der Waals surface area contributed by atoms with Crippen molar-refractivity contribution in [2.45, 2.75) is 6.92 Å². The van der Waals surface area contributed by atoms with Crippen molar-refractivity contribution in [1.82, 2.24) is 9.88 Å². The van der Waals surface area contributed by atoms with Gasteiger partial charge in [-0.15, -0.1) is 11.3 Å². The Bertz CT molecular complexity index is 1140. The number of nitrogens with zero attached hydrogens (tertiary/aromatic N) is 3. The number of benzene rings is 2. The lowest BCUT2D eigenvalue weighted by Gasteiger charge is -2.28. The highest BCUT2D eigenvalue weighted by Gasteiger charge is 2.21. The fourth-order valence-electron chi connectivity index (χ4n) is 3.58. The molecule has 1 saturated heterocycles. The quantitative estimate of drug-likeness (QED) is 0.564. The van der Waals surface area contributed by atoms with Crippen LogP contribution in [0.1, 0.15) is 15.4 Å². The number of aryl methyl sites for hydroxylation is 1. The number of rotatable bonds is 6. The number of aromatic nitrogens is 1. The van der Waals surface area contributed by atoms with Crippen LogP contribution in [-0.2, 0) is 9.53 Å². The first-order valence-electron chi connectivity index (χ1n) is 10.6. The molecule has 1 N–H and O–H groups in total. The third kappa shape index (κ3) is 5.71. The minimum atomic E-state index is -0.262. The van der Waals surface area contributed by atoms with Crippen molar-refractivity contribution in [3.8, 4) is 10.6 Å². The van der Waals surface area contributed by atoms with Gasteiger partial charge in [0.1, 0.15) is 9.88 Å². The summed E-state index contributed by atoms with van der Waals surface area (Å²) in [5, 5.41) is 4.19. The molecule has 33 heavy (non-hydrogen) atoms. The molecule has 0 saturated carbocycles. The molecule has 2 amide bonds. The predicted octanol–water partition coefficient (Wildman–Crippen LogP) is 4.32. The van der Waals surface area contributed by atoms with Crippen LogP contribution >= 0.6 is 22.9 Å². The van der Waals surface area contributed by atoms with Crippen LogP contribution in [0.5, 0.6) is 0 Å². The number of likely N-dealkylation sites (N-methyl/N-ethyl adjacent to an activating group) is 1. The highest BCUT2D eigenvalue weighted by atomic mass is 35.5. The van der Waals surface area contributed by atoms with Crippen LogP contribution in [0.4, 0.5) is 11.4 Å². The average molecular weight is 485 g/mol. The van der Waals surface area contributed by atoms with Crippen molar-refractivity contribution in [1.29, 1.82) is 0 Å². The lowest BCUT2D eigenvalue weighted by atomic mass is 10.2.